The Labute approximate surface area is 109 Å². The van der Waals surface area contributed by atoms with Gasteiger partial charge in [0.2, 0.25) is 0 Å². The van der Waals surface area contributed by atoms with Crippen LogP contribution in [-0.2, 0) is 0 Å². The number of aliphatic hydroxyl groups is 1. The summed E-state index contributed by atoms with van der Waals surface area (Å²) in [5.74, 6) is 0. The van der Waals surface area contributed by atoms with E-state index >= 15 is 0 Å². The third-order valence-corrected chi connectivity index (χ3v) is 2.82. The van der Waals surface area contributed by atoms with Crippen LogP contribution in [0.1, 0.15) is 24.1 Å². The second-order valence-corrected chi connectivity index (χ2v) is 4.00. The van der Waals surface area contributed by atoms with Crippen molar-refractivity contribution in [1.82, 2.24) is 5.32 Å². The van der Waals surface area contributed by atoms with Crippen LogP contribution in [0.2, 0.25) is 0 Å². The van der Waals surface area contributed by atoms with Gasteiger partial charge in [0.05, 0.1) is 12.6 Å². The zero-order chi connectivity index (χ0) is 13.4. The average molecular weight is 243 g/mol. The highest BCUT2D eigenvalue weighted by atomic mass is 16.3. The molecular formula is C16H21NO. The molecule has 2 nitrogen and oxygen atoms in total. The molecule has 0 amide bonds. The summed E-state index contributed by atoms with van der Waals surface area (Å²) >= 11 is 0. The van der Waals surface area contributed by atoms with E-state index in [4.69, 9.17) is 0 Å². The highest BCUT2D eigenvalue weighted by molar-refractivity contribution is 5.75. The molecule has 0 fully saturated rings. The molecule has 0 aliphatic rings. The minimum Gasteiger partial charge on any atom is -0.394 e. The first-order chi connectivity index (χ1) is 8.76. The quantitative estimate of drug-likeness (QED) is 0.753. The van der Waals surface area contributed by atoms with Crippen molar-refractivity contribution in [3.8, 4) is 0 Å². The molecule has 0 aliphatic carbocycles. The van der Waals surface area contributed by atoms with Crippen LogP contribution in [0.5, 0.6) is 0 Å². The monoisotopic (exact) mass is 243 g/mol. The SMILES string of the molecule is C=C/C=C(\C=C/C)c1ccc(C(CO)NC)cc1. The highest BCUT2D eigenvalue weighted by Crippen LogP contribution is 2.19. The van der Waals surface area contributed by atoms with Crippen LogP contribution in [0.3, 0.4) is 0 Å². The third-order valence-electron chi connectivity index (χ3n) is 2.82. The second kappa shape index (κ2) is 7.64. The summed E-state index contributed by atoms with van der Waals surface area (Å²) in [5.41, 5.74) is 3.36. The number of hydrogen-bond donors (Lipinski definition) is 2. The van der Waals surface area contributed by atoms with E-state index in [1.807, 2.05) is 38.3 Å². The number of likely N-dealkylation sites (N-methyl/N-ethyl adjacent to an activating group) is 1. The molecule has 2 heteroatoms. The molecule has 1 aromatic rings. The number of rotatable bonds is 6. The van der Waals surface area contributed by atoms with Gasteiger partial charge >= 0.3 is 0 Å². The Hall–Kier alpha value is -1.64. The molecule has 0 spiro atoms. The first-order valence-electron chi connectivity index (χ1n) is 6.10. The van der Waals surface area contributed by atoms with E-state index in [-0.39, 0.29) is 12.6 Å². The van der Waals surface area contributed by atoms with E-state index in [2.05, 4.69) is 30.1 Å². The predicted molar refractivity (Wildman–Crippen MR) is 78.3 cm³/mol. The van der Waals surface area contributed by atoms with E-state index in [0.717, 1.165) is 16.7 Å². The molecule has 0 aliphatic heterocycles. The smallest absolute Gasteiger partial charge is 0.0626 e. The second-order valence-electron chi connectivity index (χ2n) is 4.00. The van der Waals surface area contributed by atoms with Crippen LogP contribution in [0.4, 0.5) is 0 Å². The van der Waals surface area contributed by atoms with Crippen LogP contribution >= 0.6 is 0 Å². The molecule has 1 atom stereocenters. The van der Waals surface area contributed by atoms with Gasteiger partial charge < -0.3 is 10.4 Å². The van der Waals surface area contributed by atoms with Gasteiger partial charge in [-0.25, -0.2) is 0 Å². The van der Waals surface area contributed by atoms with Gasteiger partial charge in [-0.05, 0) is 30.7 Å². The molecule has 0 heterocycles. The number of nitrogens with one attached hydrogen (secondary N) is 1. The van der Waals surface area contributed by atoms with Crippen molar-refractivity contribution in [3.63, 3.8) is 0 Å². The summed E-state index contributed by atoms with van der Waals surface area (Å²) in [5, 5.41) is 12.3. The van der Waals surface area contributed by atoms with Crippen LogP contribution in [0.15, 0.2) is 55.1 Å². The Kier molecular flexibility index (Phi) is 6.12. The molecule has 1 aromatic carbocycles. The number of allylic oxidation sites excluding steroid dienone is 5. The lowest BCUT2D eigenvalue weighted by molar-refractivity contribution is 0.251. The Morgan fingerprint density at radius 2 is 2.06 bits per heavy atom. The minimum absolute atomic E-state index is 0.00685. The maximum absolute atomic E-state index is 9.23. The van der Waals surface area contributed by atoms with Crippen molar-refractivity contribution in [2.24, 2.45) is 0 Å². The van der Waals surface area contributed by atoms with Crippen molar-refractivity contribution in [2.45, 2.75) is 13.0 Å². The molecule has 1 rings (SSSR count). The fourth-order valence-electron chi connectivity index (χ4n) is 1.83. The van der Waals surface area contributed by atoms with Crippen molar-refractivity contribution >= 4 is 5.57 Å². The van der Waals surface area contributed by atoms with Crippen LogP contribution in [0, 0.1) is 0 Å². The van der Waals surface area contributed by atoms with Crippen molar-refractivity contribution in [2.75, 3.05) is 13.7 Å². The summed E-state index contributed by atoms with van der Waals surface area (Å²) in [7, 11) is 1.84. The Balaban J connectivity index is 3.00. The maximum Gasteiger partial charge on any atom is 0.0626 e. The van der Waals surface area contributed by atoms with E-state index in [9.17, 15) is 5.11 Å². The molecule has 96 valence electrons. The molecule has 2 N–H and O–H groups in total. The summed E-state index contributed by atoms with van der Waals surface area (Å²) < 4.78 is 0. The fraction of sp³-hybridized carbons (Fsp3) is 0.250. The lowest BCUT2D eigenvalue weighted by atomic mass is 10.0. The fourth-order valence-corrected chi connectivity index (χ4v) is 1.83. The summed E-state index contributed by atoms with van der Waals surface area (Å²) in [6.07, 6.45) is 7.83. The number of hydrogen-bond acceptors (Lipinski definition) is 2. The normalized spacial score (nSPS) is 13.8. The molecule has 0 radical (unpaired) electrons. The Morgan fingerprint density at radius 3 is 2.50 bits per heavy atom. The average Bonchev–Trinajstić information content (AvgIpc) is 2.41. The Morgan fingerprint density at radius 1 is 1.39 bits per heavy atom. The van der Waals surface area contributed by atoms with E-state index in [1.165, 1.54) is 0 Å². The zero-order valence-corrected chi connectivity index (χ0v) is 11.1. The number of benzene rings is 1. The number of aliphatic hydroxyl groups excluding tert-OH is 1. The molecular weight excluding hydrogens is 222 g/mol. The standard InChI is InChI=1S/C16H21NO/c1-4-6-13(7-5-2)14-8-10-15(11-9-14)16(12-18)17-3/h4-11,16-18H,1,12H2,2-3H3/b7-5-,13-6+. The molecule has 0 aromatic heterocycles. The molecule has 18 heavy (non-hydrogen) atoms. The molecule has 1 unspecified atom stereocenters. The lowest BCUT2D eigenvalue weighted by Gasteiger charge is -2.14. The topological polar surface area (TPSA) is 32.3 Å². The van der Waals surface area contributed by atoms with Gasteiger partial charge in [0, 0.05) is 0 Å². The molecule has 0 saturated carbocycles. The summed E-state index contributed by atoms with van der Waals surface area (Å²) in [6.45, 7) is 5.82. The minimum atomic E-state index is -0.00685. The third kappa shape index (κ3) is 3.69. The van der Waals surface area contributed by atoms with Crippen LogP contribution < -0.4 is 5.32 Å². The molecule has 0 saturated heterocycles. The lowest BCUT2D eigenvalue weighted by Crippen LogP contribution is -2.19. The van der Waals surface area contributed by atoms with Gasteiger partial charge in [0.1, 0.15) is 0 Å². The maximum atomic E-state index is 9.23. The summed E-state index contributed by atoms with van der Waals surface area (Å²) in [6, 6.07) is 8.18. The van der Waals surface area contributed by atoms with Gasteiger partial charge in [0.15, 0.2) is 0 Å². The highest BCUT2D eigenvalue weighted by Gasteiger charge is 2.07. The molecule has 0 bridgehead atoms. The van der Waals surface area contributed by atoms with Gasteiger partial charge in [0.25, 0.3) is 0 Å². The predicted octanol–water partition coefficient (Wildman–Crippen LogP) is 3.08. The van der Waals surface area contributed by atoms with Crippen molar-refractivity contribution in [1.29, 1.82) is 0 Å². The largest absolute Gasteiger partial charge is 0.394 e. The van der Waals surface area contributed by atoms with Crippen LogP contribution in [0.25, 0.3) is 5.57 Å². The van der Waals surface area contributed by atoms with Gasteiger partial charge in [-0.2, -0.15) is 0 Å². The first kappa shape index (κ1) is 14.4. The van der Waals surface area contributed by atoms with Gasteiger partial charge in [-0.1, -0.05) is 55.1 Å². The summed E-state index contributed by atoms with van der Waals surface area (Å²) in [4.78, 5) is 0. The van der Waals surface area contributed by atoms with Crippen molar-refractivity contribution in [3.05, 3.63) is 66.3 Å². The van der Waals surface area contributed by atoms with E-state index in [0.29, 0.717) is 0 Å². The van der Waals surface area contributed by atoms with Crippen molar-refractivity contribution < 1.29 is 5.11 Å². The van der Waals surface area contributed by atoms with Gasteiger partial charge in [-0.3, -0.25) is 0 Å². The first-order valence-corrected chi connectivity index (χ1v) is 6.10. The Bertz CT molecular complexity index is 425. The van der Waals surface area contributed by atoms with Crippen LogP contribution in [-0.4, -0.2) is 18.8 Å². The van der Waals surface area contributed by atoms with E-state index < -0.39 is 0 Å². The van der Waals surface area contributed by atoms with Gasteiger partial charge in [-0.15, -0.1) is 0 Å². The van der Waals surface area contributed by atoms with E-state index in [1.54, 1.807) is 6.08 Å². The zero-order valence-electron chi connectivity index (χ0n) is 11.1.